The number of nitrogens with zero attached hydrogens (tertiary/aromatic N) is 2. The SMILES string of the molecule is COCCn1ccnc1NC(C)c1ccc(Cl)cc1Cl. The van der Waals surface area contributed by atoms with Gasteiger partial charge in [-0.25, -0.2) is 4.98 Å². The van der Waals surface area contributed by atoms with E-state index in [9.17, 15) is 0 Å². The summed E-state index contributed by atoms with van der Waals surface area (Å²) >= 11 is 12.1. The van der Waals surface area contributed by atoms with Gasteiger partial charge >= 0.3 is 0 Å². The number of nitrogens with one attached hydrogen (secondary N) is 1. The van der Waals surface area contributed by atoms with Gasteiger partial charge in [0.05, 0.1) is 12.6 Å². The number of benzene rings is 1. The quantitative estimate of drug-likeness (QED) is 0.875. The number of halogens is 2. The highest BCUT2D eigenvalue weighted by Gasteiger charge is 2.12. The van der Waals surface area contributed by atoms with E-state index in [1.165, 1.54) is 0 Å². The molecule has 0 radical (unpaired) electrons. The Bertz CT molecular complexity index is 571. The molecule has 0 spiro atoms. The number of imidazole rings is 1. The number of rotatable bonds is 6. The van der Waals surface area contributed by atoms with Crippen molar-refractivity contribution in [3.8, 4) is 0 Å². The van der Waals surface area contributed by atoms with Crippen LogP contribution in [0.5, 0.6) is 0 Å². The standard InChI is InChI=1S/C14H17Cl2N3O/c1-10(12-4-3-11(15)9-13(12)16)18-14-17-5-6-19(14)7-8-20-2/h3-6,9-10H,7-8H2,1-2H3,(H,17,18). The molecule has 0 aliphatic carbocycles. The second-order valence-electron chi connectivity index (χ2n) is 4.47. The van der Waals surface area contributed by atoms with Gasteiger partial charge in [0, 0.05) is 36.1 Å². The molecule has 1 aromatic carbocycles. The molecule has 20 heavy (non-hydrogen) atoms. The summed E-state index contributed by atoms with van der Waals surface area (Å²) < 4.78 is 7.08. The Labute approximate surface area is 128 Å². The monoisotopic (exact) mass is 313 g/mol. The molecule has 0 fully saturated rings. The van der Waals surface area contributed by atoms with Gasteiger partial charge in [-0.05, 0) is 24.6 Å². The van der Waals surface area contributed by atoms with Gasteiger partial charge in [-0.15, -0.1) is 0 Å². The van der Waals surface area contributed by atoms with Gasteiger partial charge in [-0.2, -0.15) is 0 Å². The lowest BCUT2D eigenvalue weighted by molar-refractivity contribution is 0.187. The zero-order chi connectivity index (χ0) is 14.5. The Hall–Kier alpha value is -1.23. The molecule has 6 heteroatoms. The maximum Gasteiger partial charge on any atom is 0.203 e. The Morgan fingerprint density at radius 2 is 2.20 bits per heavy atom. The summed E-state index contributed by atoms with van der Waals surface area (Å²) in [5.41, 5.74) is 0.984. The normalized spacial score (nSPS) is 12.4. The van der Waals surface area contributed by atoms with Crippen LogP contribution in [0.3, 0.4) is 0 Å². The van der Waals surface area contributed by atoms with E-state index in [4.69, 9.17) is 27.9 Å². The number of ether oxygens (including phenoxy) is 1. The third-order valence-corrected chi connectivity index (χ3v) is 3.59. The smallest absolute Gasteiger partial charge is 0.203 e. The van der Waals surface area contributed by atoms with Gasteiger partial charge in [0.1, 0.15) is 0 Å². The Kier molecular flexibility index (Phi) is 5.29. The molecule has 108 valence electrons. The van der Waals surface area contributed by atoms with E-state index in [-0.39, 0.29) is 6.04 Å². The van der Waals surface area contributed by atoms with Gasteiger partial charge in [-0.3, -0.25) is 0 Å². The van der Waals surface area contributed by atoms with Crippen molar-refractivity contribution in [2.24, 2.45) is 0 Å². The Morgan fingerprint density at radius 1 is 1.40 bits per heavy atom. The second-order valence-corrected chi connectivity index (χ2v) is 5.31. The van der Waals surface area contributed by atoms with Crippen LogP contribution in [-0.2, 0) is 11.3 Å². The second kappa shape index (κ2) is 6.97. The molecule has 1 N–H and O–H groups in total. The summed E-state index contributed by atoms with van der Waals surface area (Å²) in [5.74, 6) is 0.792. The molecule has 1 aromatic heterocycles. The highest BCUT2D eigenvalue weighted by Crippen LogP contribution is 2.28. The zero-order valence-electron chi connectivity index (χ0n) is 11.4. The molecule has 2 aromatic rings. The van der Waals surface area contributed by atoms with Gasteiger partial charge in [0.15, 0.2) is 0 Å². The Morgan fingerprint density at radius 3 is 2.90 bits per heavy atom. The van der Waals surface area contributed by atoms with Crippen LogP contribution < -0.4 is 5.32 Å². The third kappa shape index (κ3) is 3.66. The summed E-state index contributed by atoms with van der Waals surface area (Å²) in [6.07, 6.45) is 3.67. The lowest BCUT2D eigenvalue weighted by Gasteiger charge is -2.17. The first-order chi connectivity index (χ1) is 9.61. The van der Waals surface area contributed by atoms with E-state index in [0.717, 1.165) is 18.1 Å². The van der Waals surface area contributed by atoms with Crippen LogP contribution in [0.25, 0.3) is 0 Å². The number of methoxy groups -OCH3 is 1. The van der Waals surface area contributed by atoms with Crippen molar-refractivity contribution in [2.45, 2.75) is 19.5 Å². The van der Waals surface area contributed by atoms with Crippen LogP contribution >= 0.6 is 23.2 Å². The molecular weight excluding hydrogens is 297 g/mol. The van der Waals surface area contributed by atoms with E-state index >= 15 is 0 Å². The summed E-state index contributed by atoms with van der Waals surface area (Å²) in [4.78, 5) is 4.31. The number of hydrogen-bond donors (Lipinski definition) is 1. The fourth-order valence-electron chi connectivity index (χ4n) is 1.94. The Balaban J connectivity index is 2.11. The van der Waals surface area contributed by atoms with Crippen LogP contribution in [0.1, 0.15) is 18.5 Å². The minimum absolute atomic E-state index is 0.0310. The van der Waals surface area contributed by atoms with Crippen LogP contribution in [0.15, 0.2) is 30.6 Å². The molecular formula is C14H17Cl2N3O. The van der Waals surface area contributed by atoms with Crippen molar-refractivity contribution in [1.82, 2.24) is 9.55 Å². The first-order valence-corrected chi connectivity index (χ1v) is 7.09. The van der Waals surface area contributed by atoms with Crippen LogP contribution in [0.2, 0.25) is 10.0 Å². The van der Waals surface area contributed by atoms with Gasteiger partial charge in [-0.1, -0.05) is 29.3 Å². The highest BCUT2D eigenvalue weighted by molar-refractivity contribution is 6.35. The van der Waals surface area contributed by atoms with Crippen LogP contribution in [0.4, 0.5) is 5.95 Å². The summed E-state index contributed by atoms with van der Waals surface area (Å²) in [7, 11) is 1.68. The van der Waals surface area contributed by atoms with E-state index in [0.29, 0.717) is 16.7 Å². The molecule has 0 saturated heterocycles. The van der Waals surface area contributed by atoms with Gasteiger partial charge in [0.25, 0.3) is 0 Å². The molecule has 1 atom stereocenters. The molecule has 1 unspecified atom stereocenters. The van der Waals surface area contributed by atoms with Crippen molar-refractivity contribution >= 4 is 29.2 Å². The topological polar surface area (TPSA) is 39.1 Å². The fourth-order valence-corrected chi connectivity index (χ4v) is 2.52. The average Bonchev–Trinajstić information content (AvgIpc) is 2.83. The molecule has 0 aliphatic heterocycles. The average molecular weight is 314 g/mol. The molecule has 0 saturated carbocycles. The van der Waals surface area contributed by atoms with E-state index in [1.807, 2.05) is 29.8 Å². The number of anilines is 1. The molecule has 4 nitrogen and oxygen atoms in total. The third-order valence-electron chi connectivity index (χ3n) is 3.03. The zero-order valence-corrected chi connectivity index (χ0v) is 12.9. The molecule has 0 bridgehead atoms. The molecule has 2 rings (SSSR count). The van der Waals surface area contributed by atoms with Crippen molar-refractivity contribution < 1.29 is 4.74 Å². The van der Waals surface area contributed by atoms with Crippen LogP contribution in [-0.4, -0.2) is 23.3 Å². The number of hydrogen-bond acceptors (Lipinski definition) is 3. The lowest BCUT2D eigenvalue weighted by atomic mass is 10.1. The fraction of sp³-hybridized carbons (Fsp3) is 0.357. The first-order valence-electron chi connectivity index (χ1n) is 6.33. The maximum absolute atomic E-state index is 6.22. The predicted molar refractivity (Wildman–Crippen MR) is 82.6 cm³/mol. The first kappa shape index (κ1) is 15.2. The largest absolute Gasteiger partial charge is 0.383 e. The van der Waals surface area contributed by atoms with Crippen molar-refractivity contribution in [2.75, 3.05) is 19.0 Å². The van der Waals surface area contributed by atoms with Crippen molar-refractivity contribution in [3.05, 3.63) is 46.2 Å². The van der Waals surface area contributed by atoms with E-state index < -0.39 is 0 Å². The molecule has 0 aliphatic rings. The maximum atomic E-state index is 6.22. The minimum Gasteiger partial charge on any atom is -0.383 e. The summed E-state index contributed by atoms with van der Waals surface area (Å²) in [5, 5.41) is 4.62. The van der Waals surface area contributed by atoms with Gasteiger partial charge in [0.2, 0.25) is 5.95 Å². The minimum atomic E-state index is 0.0310. The molecule has 1 heterocycles. The highest BCUT2D eigenvalue weighted by atomic mass is 35.5. The van der Waals surface area contributed by atoms with Gasteiger partial charge < -0.3 is 14.6 Å². The number of aromatic nitrogens is 2. The summed E-state index contributed by atoms with van der Waals surface area (Å²) in [6, 6.07) is 5.53. The predicted octanol–water partition coefficient (Wildman–Crippen LogP) is 4.01. The van der Waals surface area contributed by atoms with E-state index in [1.54, 1.807) is 19.4 Å². The van der Waals surface area contributed by atoms with Crippen LogP contribution in [0, 0.1) is 0 Å². The van der Waals surface area contributed by atoms with Crippen molar-refractivity contribution in [1.29, 1.82) is 0 Å². The van der Waals surface area contributed by atoms with Crippen molar-refractivity contribution in [3.63, 3.8) is 0 Å². The van der Waals surface area contributed by atoms with E-state index in [2.05, 4.69) is 10.3 Å². The summed E-state index contributed by atoms with van der Waals surface area (Å²) in [6.45, 7) is 3.42. The molecule has 0 amide bonds. The lowest BCUT2D eigenvalue weighted by Crippen LogP contribution is -2.13.